The maximum absolute atomic E-state index is 14.1. The summed E-state index contributed by atoms with van der Waals surface area (Å²) in [6, 6.07) is 1.54. The molecule has 0 N–H and O–H groups in total. The van der Waals surface area contributed by atoms with Gasteiger partial charge in [0.15, 0.2) is 11.6 Å². The number of rotatable bonds is 3. The number of hydrogen-bond donors (Lipinski definition) is 0. The van der Waals surface area contributed by atoms with E-state index in [2.05, 4.69) is 4.98 Å². The number of aromatic nitrogens is 1. The fourth-order valence-corrected chi connectivity index (χ4v) is 3.06. The fraction of sp³-hybridized carbons (Fsp3) is 0.545. The first-order chi connectivity index (χ1) is 8.93. The molecule has 0 atom stereocenters. The van der Waals surface area contributed by atoms with Crippen molar-refractivity contribution in [3.8, 4) is 0 Å². The third-order valence-corrected chi connectivity index (χ3v) is 4.69. The molecule has 19 heavy (non-hydrogen) atoms. The summed E-state index contributed by atoms with van der Waals surface area (Å²) in [5.41, 5.74) is 0.400. The quantitative estimate of drug-likeness (QED) is 0.783. The molecule has 0 amide bonds. The Bertz CT molecular complexity index is 559. The molecule has 2 heterocycles. The Labute approximate surface area is 117 Å². The molecule has 1 aromatic rings. The van der Waals surface area contributed by atoms with Crippen LogP contribution in [0, 0.1) is 5.82 Å². The van der Waals surface area contributed by atoms with Crippen molar-refractivity contribution < 1.29 is 12.8 Å². The van der Waals surface area contributed by atoms with Crippen LogP contribution in [0.2, 0.25) is 0 Å². The van der Waals surface area contributed by atoms with Gasteiger partial charge in [0.25, 0.3) is 0 Å². The summed E-state index contributed by atoms with van der Waals surface area (Å²) in [6.45, 7) is 1.52. The van der Waals surface area contributed by atoms with Gasteiger partial charge in [-0.05, 0) is 6.07 Å². The van der Waals surface area contributed by atoms with Gasteiger partial charge in [0.1, 0.15) is 0 Å². The first-order valence-corrected chi connectivity index (χ1v) is 8.21. The number of sulfonamides is 1. The lowest BCUT2D eigenvalue weighted by atomic mass is 10.2. The summed E-state index contributed by atoms with van der Waals surface area (Å²) in [7, 11) is -3.18. The number of halogens is 2. The van der Waals surface area contributed by atoms with Crippen molar-refractivity contribution in [2.45, 2.75) is 5.88 Å². The van der Waals surface area contributed by atoms with Crippen LogP contribution < -0.4 is 4.90 Å². The van der Waals surface area contributed by atoms with Crippen molar-refractivity contribution in [3.05, 3.63) is 23.6 Å². The standard InChI is InChI=1S/C11H15ClFN3O2S/c1-19(17,18)16-6-4-15(5-7-16)11-10(13)9(8-12)2-3-14-11/h2-3H,4-8H2,1H3. The van der Waals surface area contributed by atoms with Crippen LogP contribution in [0.1, 0.15) is 5.56 Å². The summed E-state index contributed by atoms with van der Waals surface area (Å²) in [6.07, 6.45) is 2.69. The first-order valence-electron chi connectivity index (χ1n) is 5.83. The minimum atomic E-state index is -3.18. The molecule has 5 nitrogen and oxygen atoms in total. The molecule has 1 aliphatic rings. The van der Waals surface area contributed by atoms with E-state index in [1.54, 1.807) is 11.0 Å². The third kappa shape index (κ3) is 3.16. The summed E-state index contributed by atoms with van der Waals surface area (Å²) >= 11 is 5.65. The van der Waals surface area contributed by atoms with Gasteiger partial charge in [0, 0.05) is 37.9 Å². The van der Waals surface area contributed by atoms with Crippen molar-refractivity contribution >= 4 is 27.4 Å². The summed E-state index contributed by atoms with van der Waals surface area (Å²) in [5.74, 6) is -0.0957. The van der Waals surface area contributed by atoms with Gasteiger partial charge < -0.3 is 4.90 Å². The van der Waals surface area contributed by atoms with Crippen LogP contribution in [0.15, 0.2) is 12.3 Å². The minimum absolute atomic E-state index is 0.0880. The smallest absolute Gasteiger partial charge is 0.211 e. The van der Waals surface area contributed by atoms with Crippen LogP contribution in [0.4, 0.5) is 10.2 Å². The lowest BCUT2D eigenvalue weighted by Crippen LogP contribution is -2.48. The average Bonchev–Trinajstić information content (AvgIpc) is 2.38. The van der Waals surface area contributed by atoms with E-state index >= 15 is 0 Å². The number of alkyl halides is 1. The molecule has 1 aliphatic heterocycles. The van der Waals surface area contributed by atoms with Crippen LogP contribution in [0.3, 0.4) is 0 Å². The van der Waals surface area contributed by atoms with Crippen LogP contribution in [-0.4, -0.2) is 50.1 Å². The van der Waals surface area contributed by atoms with Crippen molar-refractivity contribution in [1.82, 2.24) is 9.29 Å². The van der Waals surface area contributed by atoms with Crippen molar-refractivity contribution in [2.24, 2.45) is 0 Å². The maximum atomic E-state index is 14.1. The highest BCUT2D eigenvalue weighted by Crippen LogP contribution is 2.22. The fourth-order valence-electron chi connectivity index (χ4n) is 2.03. The predicted octanol–water partition coefficient (Wildman–Crippen LogP) is 1.04. The molecule has 0 radical (unpaired) electrons. The molecule has 1 saturated heterocycles. The van der Waals surface area contributed by atoms with Crippen LogP contribution in [-0.2, 0) is 15.9 Å². The molecule has 0 bridgehead atoms. The van der Waals surface area contributed by atoms with Gasteiger partial charge in [-0.3, -0.25) is 0 Å². The van der Waals surface area contributed by atoms with E-state index in [0.717, 1.165) is 0 Å². The molecule has 0 spiro atoms. The molecule has 0 saturated carbocycles. The Hall–Kier alpha value is -0.920. The predicted molar refractivity (Wildman–Crippen MR) is 72.4 cm³/mol. The Morgan fingerprint density at radius 1 is 1.37 bits per heavy atom. The second-order valence-corrected chi connectivity index (χ2v) is 6.64. The lowest BCUT2D eigenvalue weighted by Gasteiger charge is -2.34. The van der Waals surface area contributed by atoms with Crippen molar-refractivity contribution in [2.75, 3.05) is 37.3 Å². The topological polar surface area (TPSA) is 53.5 Å². The van der Waals surface area contributed by atoms with Gasteiger partial charge in [-0.25, -0.2) is 17.8 Å². The van der Waals surface area contributed by atoms with Gasteiger partial charge in [-0.15, -0.1) is 11.6 Å². The Balaban J connectivity index is 2.14. The number of pyridine rings is 1. The van der Waals surface area contributed by atoms with E-state index in [1.807, 2.05) is 0 Å². The lowest BCUT2D eigenvalue weighted by molar-refractivity contribution is 0.384. The van der Waals surface area contributed by atoms with Gasteiger partial charge in [-0.1, -0.05) is 0 Å². The zero-order valence-electron chi connectivity index (χ0n) is 10.5. The van der Waals surface area contributed by atoms with E-state index in [9.17, 15) is 12.8 Å². The molecule has 106 valence electrons. The van der Waals surface area contributed by atoms with Crippen LogP contribution >= 0.6 is 11.6 Å². The maximum Gasteiger partial charge on any atom is 0.211 e. The third-order valence-electron chi connectivity index (χ3n) is 3.10. The van der Waals surface area contributed by atoms with Gasteiger partial charge >= 0.3 is 0 Å². The van der Waals surface area contributed by atoms with E-state index in [1.165, 1.54) is 16.8 Å². The second kappa shape index (κ2) is 5.60. The highest BCUT2D eigenvalue weighted by molar-refractivity contribution is 7.88. The van der Waals surface area contributed by atoms with Crippen molar-refractivity contribution in [1.29, 1.82) is 0 Å². The molecular weight excluding hydrogens is 293 g/mol. The zero-order chi connectivity index (χ0) is 14.0. The molecule has 0 aliphatic carbocycles. The molecule has 1 fully saturated rings. The van der Waals surface area contributed by atoms with Crippen LogP contribution in [0.5, 0.6) is 0 Å². The molecule has 0 unspecified atom stereocenters. The minimum Gasteiger partial charge on any atom is -0.352 e. The molecule has 1 aromatic heterocycles. The van der Waals surface area contributed by atoms with Crippen LogP contribution in [0.25, 0.3) is 0 Å². The molecular formula is C11H15ClFN3O2S. The van der Waals surface area contributed by atoms with E-state index < -0.39 is 15.8 Å². The largest absolute Gasteiger partial charge is 0.352 e. The Morgan fingerprint density at radius 3 is 2.53 bits per heavy atom. The summed E-state index contributed by atoms with van der Waals surface area (Å²) in [4.78, 5) is 5.77. The van der Waals surface area contributed by atoms with E-state index in [4.69, 9.17) is 11.6 Å². The van der Waals surface area contributed by atoms with Crippen molar-refractivity contribution in [3.63, 3.8) is 0 Å². The zero-order valence-corrected chi connectivity index (χ0v) is 12.1. The Kier molecular flexibility index (Phi) is 4.27. The molecule has 8 heteroatoms. The first kappa shape index (κ1) is 14.5. The number of anilines is 1. The SMILES string of the molecule is CS(=O)(=O)N1CCN(c2nccc(CCl)c2F)CC1. The monoisotopic (exact) mass is 307 g/mol. The molecule has 2 rings (SSSR count). The second-order valence-electron chi connectivity index (χ2n) is 4.39. The van der Waals surface area contributed by atoms with E-state index in [0.29, 0.717) is 31.7 Å². The Morgan fingerprint density at radius 2 is 2.00 bits per heavy atom. The molecule has 0 aromatic carbocycles. The van der Waals surface area contributed by atoms with Gasteiger partial charge in [0.2, 0.25) is 10.0 Å². The van der Waals surface area contributed by atoms with Gasteiger partial charge in [-0.2, -0.15) is 4.31 Å². The highest BCUT2D eigenvalue weighted by Gasteiger charge is 2.25. The van der Waals surface area contributed by atoms with Gasteiger partial charge in [0.05, 0.1) is 12.1 Å². The highest BCUT2D eigenvalue weighted by atomic mass is 35.5. The summed E-state index contributed by atoms with van der Waals surface area (Å²) in [5, 5.41) is 0. The average molecular weight is 308 g/mol. The number of piperazine rings is 1. The van der Waals surface area contributed by atoms with E-state index in [-0.39, 0.29) is 11.7 Å². The normalized spacial score (nSPS) is 17.7. The number of hydrogen-bond acceptors (Lipinski definition) is 4. The number of nitrogens with zero attached hydrogens (tertiary/aromatic N) is 3. The summed E-state index contributed by atoms with van der Waals surface area (Å²) < 4.78 is 38.2.